The van der Waals surface area contributed by atoms with Crippen molar-refractivity contribution in [3.63, 3.8) is 0 Å². The summed E-state index contributed by atoms with van der Waals surface area (Å²) in [5.74, 6) is -0.238. The molecule has 2 fully saturated rings. The van der Waals surface area contributed by atoms with Crippen LogP contribution in [0.15, 0.2) is 0 Å². The van der Waals surface area contributed by atoms with Crippen molar-refractivity contribution in [1.29, 1.82) is 5.26 Å². The molecule has 0 unspecified atom stereocenters. The fourth-order valence-electron chi connectivity index (χ4n) is 3.02. The Kier molecular flexibility index (Phi) is 4.99. The van der Waals surface area contributed by atoms with E-state index in [1.165, 1.54) is 0 Å². The molecule has 0 N–H and O–H groups in total. The van der Waals surface area contributed by atoms with Crippen LogP contribution in [0.25, 0.3) is 0 Å². The Balaban J connectivity index is 1.67. The third kappa shape index (κ3) is 3.44. The van der Waals surface area contributed by atoms with Gasteiger partial charge in [0.2, 0.25) is 0 Å². The summed E-state index contributed by atoms with van der Waals surface area (Å²) in [7, 11) is 2.20. The number of nitriles is 1. The minimum atomic E-state index is -0.238. The van der Waals surface area contributed by atoms with Crippen LogP contribution in [0, 0.1) is 11.3 Å². The molecular weight excluding hydrogens is 228 g/mol. The maximum atomic E-state index is 8.51. The van der Waals surface area contributed by atoms with Gasteiger partial charge in [0.25, 0.3) is 0 Å². The van der Waals surface area contributed by atoms with E-state index in [4.69, 9.17) is 14.7 Å². The number of rotatable bonds is 5. The molecule has 4 heteroatoms. The summed E-state index contributed by atoms with van der Waals surface area (Å²) in [6.45, 7) is 2.62. The highest BCUT2D eigenvalue weighted by Gasteiger charge is 2.40. The molecule has 1 aliphatic heterocycles. The van der Waals surface area contributed by atoms with Crippen molar-refractivity contribution in [3.8, 4) is 6.07 Å². The van der Waals surface area contributed by atoms with Gasteiger partial charge in [-0.2, -0.15) is 5.26 Å². The van der Waals surface area contributed by atoms with Crippen LogP contribution in [0.1, 0.15) is 44.9 Å². The summed E-state index contributed by atoms with van der Waals surface area (Å²) >= 11 is 0. The molecule has 102 valence electrons. The Bertz CT molecular complexity index is 285. The van der Waals surface area contributed by atoms with Crippen LogP contribution in [-0.2, 0) is 9.47 Å². The van der Waals surface area contributed by atoms with Crippen molar-refractivity contribution in [2.75, 3.05) is 26.8 Å². The lowest BCUT2D eigenvalue weighted by Crippen LogP contribution is -2.43. The Morgan fingerprint density at radius 1 is 1.22 bits per heavy atom. The average Bonchev–Trinajstić information content (AvgIpc) is 2.84. The van der Waals surface area contributed by atoms with E-state index in [0.717, 1.165) is 58.3 Å². The van der Waals surface area contributed by atoms with Crippen molar-refractivity contribution in [1.82, 2.24) is 4.90 Å². The van der Waals surface area contributed by atoms with Crippen LogP contribution in [-0.4, -0.2) is 43.5 Å². The van der Waals surface area contributed by atoms with Crippen molar-refractivity contribution < 1.29 is 9.47 Å². The molecule has 1 spiro atoms. The number of ether oxygens (including phenoxy) is 2. The maximum absolute atomic E-state index is 8.51. The highest BCUT2D eigenvalue weighted by atomic mass is 16.7. The Morgan fingerprint density at radius 2 is 1.89 bits per heavy atom. The van der Waals surface area contributed by atoms with E-state index in [-0.39, 0.29) is 5.79 Å². The maximum Gasteiger partial charge on any atom is 0.168 e. The lowest BCUT2D eigenvalue weighted by molar-refractivity contribution is -0.183. The van der Waals surface area contributed by atoms with Crippen LogP contribution in [0.4, 0.5) is 0 Å². The van der Waals surface area contributed by atoms with E-state index >= 15 is 0 Å². The second kappa shape index (κ2) is 6.51. The third-order valence-electron chi connectivity index (χ3n) is 4.20. The predicted octanol–water partition coefficient (Wildman–Crippen LogP) is 2.30. The van der Waals surface area contributed by atoms with Crippen molar-refractivity contribution in [2.24, 2.45) is 0 Å². The summed E-state index contributed by atoms with van der Waals surface area (Å²) < 4.78 is 11.5. The third-order valence-corrected chi connectivity index (χ3v) is 4.20. The van der Waals surface area contributed by atoms with Crippen LogP contribution >= 0.6 is 0 Å². The van der Waals surface area contributed by atoms with Crippen LogP contribution in [0.2, 0.25) is 0 Å². The molecule has 2 rings (SSSR count). The number of hydrogen-bond acceptors (Lipinski definition) is 4. The zero-order valence-electron chi connectivity index (χ0n) is 11.4. The fourth-order valence-corrected chi connectivity index (χ4v) is 3.02. The summed E-state index contributed by atoms with van der Waals surface area (Å²) in [6, 6.07) is 2.86. The lowest BCUT2D eigenvalue weighted by atomic mass is 9.89. The molecule has 0 amide bonds. The summed E-state index contributed by atoms with van der Waals surface area (Å²) in [4.78, 5) is 2.44. The molecule has 4 nitrogen and oxygen atoms in total. The topological polar surface area (TPSA) is 45.5 Å². The van der Waals surface area contributed by atoms with Gasteiger partial charge in [0.1, 0.15) is 0 Å². The molecule has 0 atom stereocenters. The first kappa shape index (κ1) is 13.8. The molecule has 1 saturated carbocycles. The molecule has 2 aliphatic rings. The molecule has 1 aliphatic carbocycles. The van der Waals surface area contributed by atoms with Crippen LogP contribution in [0.5, 0.6) is 0 Å². The Labute approximate surface area is 110 Å². The van der Waals surface area contributed by atoms with Gasteiger partial charge in [0, 0.05) is 25.3 Å². The molecule has 0 aromatic heterocycles. The molecule has 0 aromatic carbocycles. The highest BCUT2D eigenvalue weighted by molar-refractivity contribution is 4.86. The first-order chi connectivity index (χ1) is 8.76. The number of nitrogens with zero attached hydrogens (tertiary/aromatic N) is 2. The van der Waals surface area contributed by atoms with Crippen LogP contribution < -0.4 is 0 Å². The van der Waals surface area contributed by atoms with Crippen molar-refractivity contribution >= 4 is 0 Å². The molecule has 1 saturated heterocycles. The average molecular weight is 252 g/mol. The molecule has 0 aromatic rings. The molecule has 1 heterocycles. The first-order valence-corrected chi connectivity index (χ1v) is 7.11. The van der Waals surface area contributed by atoms with Gasteiger partial charge < -0.3 is 14.4 Å². The summed E-state index contributed by atoms with van der Waals surface area (Å²) in [6.07, 6.45) is 7.20. The zero-order chi connectivity index (χ0) is 12.8. The summed E-state index contributed by atoms with van der Waals surface area (Å²) in [5.41, 5.74) is 0. The van der Waals surface area contributed by atoms with Gasteiger partial charge in [-0.3, -0.25) is 0 Å². The largest absolute Gasteiger partial charge is 0.348 e. The Hall–Kier alpha value is -0.630. The minimum Gasteiger partial charge on any atom is -0.348 e. The fraction of sp³-hybridized carbons (Fsp3) is 0.929. The van der Waals surface area contributed by atoms with Gasteiger partial charge in [-0.15, -0.1) is 0 Å². The van der Waals surface area contributed by atoms with Gasteiger partial charge in [0.05, 0.1) is 19.3 Å². The van der Waals surface area contributed by atoms with Gasteiger partial charge in [-0.1, -0.05) is 0 Å². The van der Waals surface area contributed by atoms with Gasteiger partial charge in [0.15, 0.2) is 5.79 Å². The van der Waals surface area contributed by atoms with E-state index in [0.29, 0.717) is 12.5 Å². The van der Waals surface area contributed by atoms with E-state index in [2.05, 4.69) is 18.0 Å². The molecule has 0 radical (unpaired) electrons. The van der Waals surface area contributed by atoms with E-state index in [9.17, 15) is 0 Å². The van der Waals surface area contributed by atoms with E-state index in [1.54, 1.807) is 0 Å². The van der Waals surface area contributed by atoms with Gasteiger partial charge in [-0.25, -0.2) is 0 Å². The highest BCUT2D eigenvalue weighted by Crippen LogP contribution is 2.37. The normalized spacial score (nSPS) is 23.6. The van der Waals surface area contributed by atoms with Crippen LogP contribution in [0.3, 0.4) is 0 Å². The summed E-state index contributed by atoms with van der Waals surface area (Å²) in [5, 5.41) is 8.51. The zero-order valence-corrected chi connectivity index (χ0v) is 11.4. The lowest BCUT2D eigenvalue weighted by Gasteiger charge is -2.39. The van der Waals surface area contributed by atoms with E-state index < -0.39 is 0 Å². The molecule has 0 bridgehead atoms. The second-order valence-corrected chi connectivity index (χ2v) is 5.43. The number of hydrogen-bond donors (Lipinski definition) is 0. The Morgan fingerprint density at radius 3 is 2.50 bits per heavy atom. The van der Waals surface area contributed by atoms with Crippen molar-refractivity contribution in [2.45, 2.75) is 56.8 Å². The first-order valence-electron chi connectivity index (χ1n) is 7.11. The van der Waals surface area contributed by atoms with Crippen molar-refractivity contribution in [3.05, 3.63) is 0 Å². The molecule has 18 heavy (non-hydrogen) atoms. The standard InChI is InChI=1S/C14H24N2O2/c1-16(10-4-2-3-9-15)13-5-7-14(8-6-13)17-11-12-18-14/h13H,2-8,10-12H2,1H3. The quantitative estimate of drug-likeness (QED) is 0.704. The van der Waals surface area contributed by atoms with Gasteiger partial charge in [-0.05, 0) is 39.3 Å². The number of unbranched alkanes of at least 4 members (excludes halogenated alkanes) is 2. The minimum absolute atomic E-state index is 0.238. The van der Waals surface area contributed by atoms with E-state index in [1.807, 2.05) is 0 Å². The monoisotopic (exact) mass is 252 g/mol. The SMILES string of the molecule is CN(CCCCC#N)C1CCC2(CC1)OCCO2. The second-order valence-electron chi connectivity index (χ2n) is 5.43. The molecular formula is C14H24N2O2. The predicted molar refractivity (Wildman–Crippen MR) is 69.0 cm³/mol. The van der Waals surface area contributed by atoms with Gasteiger partial charge >= 0.3 is 0 Å². The smallest absolute Gasteiger partial charge is 0.168 e.